The van der Waals surface area contributed by atoms with Crippen molar-refractivity contribution in [3.63, 3.8) is 0 Å². The molecule has 0 aliphatic rings. The van der Waals surface area contributed by atoms with Gasteiger partial charge in [-0.2, -0.15) is 10.2 Å². The van der Waals surface area contributed by atoms with Crippen molar-refractivity contribution in [2.45, 2.75) is 0 Å². The van der Waals surface area contributed by atoms with Crippen LogP contribution in [0.2, 0.25) is 0 Å². The molecule has 0 aliphatic heterocycles. The Morgan fingerprint density at radius 1 is 1.44 bits per heavy atom. The van der Waals surface area contributed by atoms with Crippen LogP contribution in [0.4, 0.5) is 0 Å². The third-order valence-corrected chi connectivity index (χ3v) is 2.25. The van der Waals surface area contributed by atoms with Gasteiger partial charge in [0.1, 0.15) is 11.4 Å². The van der Waals surface area contributed by atoms with Gasteiger partial charge < -0.3 is 4.74 Å². The molecule has 0 radical (unpaired) electrons. The second-order valence-electron chi connectivity index (χ2n) is 3.41. The van der Waals surface area contributed by atoms with Crippen molar-refractivity contribution in [1.82, 2.24) is 15.6 Å². The summed E-state index contributed by atoms with van der Waals surface area (Å²) in [7, 11) is 1.58. The number of carbonyl (C=O) groups is 1. The summed E-state index contributed by atoms with van der Waals surface area (Å²) in [5.41, 5.74) is 3.52. The number of amides is 1. The average molecular weight is 244 g/mol. The van der Waals surface area contributed by atoms with E-state index in [2.05, 4.69) is 20.7 Å². The zero-order valence-electron chi connectivity index (χ0n) is 9.75. The summed E-state index contributed by atoms with van der Waals surface area (Å²) < 4.78 is 5.15. The topological polar surface area (TPSA) is 79.4 Å². The predicted molar refractivity (Wildman–Crippen MR) is 66.6 cm³/mol. The van der Waals surface area contributed by atoms with E-state index in [0.717, 1.165) is 5.56 Å². The summed E-state index contributed by atoms with van der Waals surface area (Å²) >= 11 is 0. The molecule has 0 saturated carbocycles. The van der Waals surface area contributed by atoms with E-state index < -0.39 is 0 Å². The maximum Gasteiger partial charge on any atom is 0.289 e. The van der Waals surface area contributed by atoms with Crippen LogP contribution in [0.15, 0.2) is 41.6 Å². The number of rotatable bonds is 4. The molecule has 18 heavy (non-hydrogen) atoms. The van der Waals surface area contributed by atoms with Crippen LogP contribution in [0.3, 0.4) is 0 Å². The van der Waals surface area contributed by atoms with Gasteiger partial charge in [-0.15, -0.1) is 0 Å². The van der Waals surface area contributed by atoms with Crippen LogP contribution in [0.1, 0.15) is 16.1 Å². The second-order valence-corrected chi connectivity index (χ2v) is 3.41. The lowest BCUT2D eigenvalue weighted by Gasteiger charge is -2.02. The Morgan fingerprint density at radius 2 is 2.28 bits per heavy atom. The summed E-state index contributed by atoms with van der Waals surface area (Å²) in [6, 6.07) is 8.94. The van der Waals surface area contributed by atoms with Gasteiger partial charge in [0.05, 0.1) is 13.3 Å². The molecule has 0 atom stereocenters. The summed E-state index contributed by atoms with van der Waals surface area (Å²) in [5.74, 6) is 0.343. The first-order valence-electron chi connectivity index (χ1n) is 5.27. The van der Waals surface area contributed by atoms with Crippen molar-refractivity contribution in [3.8, 4) is 5.75 Å². The highest BCUT2D eigenvalue weighted by Gasteiger charge is 2.04. The number of ether oxygens (including phenoxy) is 1. The molecular formula is C12H12N4O2. The fourth-order valence-electron chi connectivity index (χ4n) is 1.38. The van der Waals surface area contributed by atoms with Gasteiger partial charge in [-0.3, -0.25) is 9.89 Å². The fourth-order valence-corrected chi connectivity index (χ4v) is 1.38. The number of hydrazone groups is 1. The molecule has 0 spiro atoms. The van der Waals surface area contributed by atoms with Crippen molar-refractivity contribution in [1.29, 1.82) is 0 Å². The van der Waals surface area contributed by atoms with E-state index >= 15 is 0 Å². The number of para-hydroxylation sites is 1. The third kappa shape index (κ3) is 2.73. The number of nitrogens with one attached hydrogen (secondary N) is 2. The number of benzene rings is 1. The SMILES string of the molecule is COc1ccccc1/C=N/NC(=O)c1ccn[nH]1. The van der Waals surface area contributed by atoms with Gasteiger partial charge in [-0.25, -0.2) is 5.43 Å². The quantitative estimate of drug-likeness (QED) is 0.626. The van der Waals surface area contributed by atoms with Gasteiger partial charge in [-0.1, -0.05) is 12.1 Å². The maximum atomic E-state index is 11.5. The first-order chi connectivity index (χ1) is 8.81. The number of aromatic nitrogens is 2. The van der Waals surface area contributed by atoms with E-state index in [-0.39, 0.29) is 5.91 Å². The number of hydrogen-bond donors (Lipinski definition) is 2. The Labute approximate surface area is 104 Å². The molecule has 6 heteroatoms. The van der Waals surface area contributed by atoms with Crippen LogP contribution < -0.4 is 10.2 Å². The summed E-state index contributed by atoms with van der Waals surface area (Å²) in [6.07, 6.45) is 3.02. The van der Waals surface area contributed by atoms with E-state index in [1.807, 2.05) is 24.3 Å². The predicted octanol–water partition coefficient (Wildman–Crippen LogP) is 1.18. The number of H-pyrrole nitrogens is 1. The highest BCUT2D eigenvalue weighted by molar-refractivity contribution is 5.93. The highest BCUT2D eigenvalue weighted by Crippen LogP contribution is 2.14. The molecule has 0 fully saturated rings. The van der Waals surface area contributed by atoms with Gasteiger partial charge >= 0.3 is 0 Å². The Morgan fingerprint density at radius 3 is 3.00 bits per heavy atom. The molecule has 1 aromatic carbocycles. The Balaban J connectivity index is 2.01. The van der Waals surface area contributed by atoms with Crippen molar-refractivity contribution in [3.05, 3.63) is 47.8 Å². The molecule has 0 aliphatic carbocycles. The molecule has 0 unspecified atom stereocenters. The van der Waals surface area contributed by atoms with Crippen molar-refractivity contribution >= 4 is 12.1 Å². The van der Waals surface area contributed by atoms with Gasteiger partial charge in [0.2, 0.25) is 0 Å². The largest absolute Gasteiger partial charge is 0.496 e. The van der Waals surface area contributed by atoms with E-state index in [0.29, 0.717) is 11.4 Å². The summed E-state index contributed by atoms with van der Waals surface area (Å²) in [5, 5.41) is 10.1. The van der Waals surface area contributed by atoms with Crippen LogP contribution in [0.25, 0.3) is 0 Å². The van der Waals surface area contributed by atoms with Gasteiger partial charge in [0.25, 0.3) is 5.91 Å². The van der Waals surface area contributed by atoms with Gasteiger partial charge in [0.15, 0.2) is 0 Å². The molecular weight excluding hydrogens is 232 g/mol. The van der Waals surface area contributed by atoms with Crippen LogP contribution in [-0.2, 0) is 0 Å². The zero-order chi connectivity index (χ0) is 12.8. The van der Waals surface area contributed by atoms with Gasteiger partial charge in [-0.05, 0) is 18.2 Å². The molecule has 0 saturated heterocycles. The minimum absolute atomic E-state index is 0.348. The monoisotopic (exact) mass is 244 g/mol. The maximum absolute atomic E-state index is 11.5. The average Bonchev–Trinajstić information content (AvgIpc) is 2.93. The molecule has 1 heterocycles. The lowest BCUT2D eigenvalue weighted by atomic mass is 10.2. The third-order valence-electron chi connectivity index (χ3n) is 2.25. The smallest absolute Gasteiger partial charge is 0.289 e. The fraction of sp³-hybridized carbons (Fsp3) is 0.0833. The summed E-state index contributed by atoms with van der Waals surface area (Å²) in [6.45, 7) is 0. The molecule has 1 amide bonds. The normalized spacial score (nSPS) is 10.5. The lowest BCUT2D eigenvalue weighted by molar-refractivity contribution is 0.0950. The summed E-state index contributed by atoms with van der Waals surface area (Å²) in [4.78, 5) is 11.5. The molecule has 6 nitrogen and oxygen atoms in total. The van der Waals surface area contributed by atoms with Crippen molar-refractivity contribution in [2.24, 2.45) is 5.10 Å². The van der Waals surface area contributed by atoms with E-state index in [1.165, 1.54) is 12.4 Å². The Hall–Kier alpha value is -2.63. The van der Waals surface area contributed by atoms with Crippen molar-refractivity contribution < 1.29 is 9.53 Å². The van der Waals surface area contributed by atoms with Crippen LogP contribution >= 0.6 is 0 Å². The molecule has 2 N–H and O–H groups in total. The highest BCUT2D eigenvalue weighted by atomic mass is 16.5. The first kappa shape index (κ1) is 11.8. The van der Waals surface area contributed by atoms with Crippen LogP contribution in [0, 0.1) is 0 Å². The molecule has 0 bridgehead atoms. The lowest BCUT2D eigenvalue weighted by Crippen LogP contribution is -2.18. The number of carbonyl (C=O) groups excluding carboxylic acids is 1. The van der Waals surface area contributed by atoms with Crippen LogP contribution in [0.5, 0.6) is 5.75 Å². The molecule has 2 rings (SSSR count). The molecule has 92 valence electrons. The number of nitrogens with zero attached hydrogens (tertiary/aromatic N) is 2. The zero-order valence-corrected chi connectivity index (χ0v) is 9.75. The van der Waals surface area contributed by atoms with Crippen molar-refractivity contribution in [2.75, 3.05) is 7.11 Å². The number of methoxy groups -OCH3 is 1. The number of aromatic amines is 1. The Bertz CT molecular complexity index is 549. The van der Waals surface area contributed by atoms with E-state index in [9.17, 15) is 4.79 Å². The molecule has 1 aromatic heterocycles. The van der Waals surface area contributed by atoms with Crippen LogP contribution in [-0.4, -0.2) is 29.4 Å². The van der Waals surface area contributed by atoms with E-state index in [1.54, 1.807) is 13.2 Å². The minimum Gasteiger partial charge on any atom is -0.496 e. The Kier molecular flexibility index (Phi) is 3.70. The van der Waals surface area contributed by atoms with Gasteiger partial charge in [0, 0.05) is 11.8 Å². The standard InChI is InChI=1S/C12H12N4O2/c1-18-11-5-3-2-4-9(11)8-14-16-12(17)10-6-7-13-15-10/h2-8H,1H3,(H,13,15)(H,16,17)/b14-8+. The minimum atomic E-state index is -0.348. The van der Waals surface area contributed by atoms with E-state index in [4.69, 9.17) is 4.74 Å². The molecule has 2 aromatic rings. The first-order valence-corrected chi connectivity index (χ1v) is 5.27. The second kappa shape index (κ2) is 5.62. The number of hydrogen-bond acceptors (Lipinski definition) is 4.